The quantitative estimate of drug-likeness (QED) is 0.554. The molecule has 0 bridgehead atoms. The second kappa shape index (κ2) is 8.48. The second-order valence-corrected chi connectivity index (χ2v) is 5.43. The normalized spacial score (nSPS) is 10.2. The van der Waals surface area contributed by atoms with Gasteiger partial charge in [-0.2, -0.15) is 0 Å². The minimum atomic E-state index is -0.757. The van der Waals surface area contributed by atoms with E-state index in [1.165, 1.54) is 38.5 Å². The lowest BCUT2D eigenvalue weighted by Gasteiger charge is -2.10. The highest BCUT2D eigenvalue weighted by Crippen LogP contribution is 2.25. The fourth-order valence-corrected chi connectivity index (χ4v) is 2.38. The maximum absolute atomic E-state index is 13.7. The third kappa shape index (κ3) is 4.70. The standard InChI is InChI=1S/C18H16ClFO5/c1-23-11-6-7-12(17(8-11)24-2)16(21)10-25-18(22)9-13-14(19)4-3-5-15(13)20/h3-8H,9-10H2,1-2H3. The highest BCUT2D eigenvalue weighted by molar-refractivity contribution is 6.31. The van der Waals surface area contributed by atoms with Crippen molar-refractivity contribution in [1.29, 1.82) is 0 Å². The molecule has 0 saturated carbocycles. The van der Waals surface area contributed by atoms with E-state index in [4.69, 9.17) is 25.8 Å². The van der Waals surface area contributed by atoms with Crippen molar-refractivity contribution in [3.05, 3.63) is 58.4 Å². The summed E-state index contributed by atoms with van der Waals surface area (Å²) < 4.78 is 28.8. The summed E-state index contributed by atoms with van der Waals surface area (Å²) in [5.74, 6) is -0.981. The Balaban J connectivity index is 2.01. The van der Waals surface area contributed by atoms with Gasteiger partial charge in [0.05, 0.1) is 26.2 Å². The number of hydrogen-bond acceptors (Lipinski definition) is 5. The van der Waals surface area contributed by atoms with Crippen LogP contribution in [0.25, 0.3) is 0 Å². The number of rotatable bonds is 7. The van der Waals surface area contributed by atoms with Crippen LogP contribution in [-0.4, -0.2) is 32.6 Å². The highest BCUT2D eigenvalue weighted by atomic mass is 35.5. The van der Waals surface area contributed by atoms with Gasteiger partial charge < -0.3 is 14.2 Å². The molecular weight excluding hydrogens is 351 g/mol. The van der Waals surface area contributed by atoms with Gasteiger partial charge in [-0.05, 0) is 24.3 Å². The third-order valence-corrected chi connectivity index (χ3v) is 3.81. The van der Waals surface area contributed by atoms with Gasteiger partial charge in [0.2, 0.25) is 5.78 Å². The van der Waals surface area contributed by atoms with Crippen LogP contribution in [0.1, 0.15) is 15.9 Å². The van der Waals surface area contributed by atoms with E-state index in [2.05, 4.69) is 0 Å². The summed E-state index contributed by atoms with van der Waals surface area (Å²) in [7, 11) is 2.91. The SMILES string of the molecule is COc1ccc(C(=O)COC(=O)Cc2c(F)cccc2Cl)c(OC)c1. The molecule has 0 aliphatic rings. The van der Waals surface area contributed by atoms with E-state index in [-0.39, 0.29) is 22.6 Å². The number of esters is 1. The summed E-state index contributed by atoms with van der Waals surface area (Å²) in [6.07, 6.45) is -0.363. The fourth-order valence-electron chi connectivity index (χ4n) is 2.15. The zero-order valence-electron chi connectivity index (χ0n) is 13.7. The molecule has 7 heteroatoms. The number of ketones is 1. The summed E-state index contributed by atoms with van der Waals surface area (Å²) >= 11 is 5.86. The van der Waals surface area contributed by atoms with E-state index in [9.17, 15) is 14.0 Å². The molecule has 0 aliphatic carbocycles. The molecule has 0 saturated heterocycles. The van der Waals surface area contributed by atoms with Gasteiger partial charge in [-0.3, -0.25) is 9.59 Å². The van der Waals surface area contributed by atoms with Crippen LogP contribution in [0.2, 0.25) is 5.02 Å². The van der Waals surface area contributed by atoms with Gasteiger partial charge in [0, 0.05) is 16.7 Å². The van der Waals surface area contributed by atoms with Crippen LogP contribution in [0.3, 0.4) is 0 Å². The van der Waals surface area contributed by atoms with Crippen molar-refractivity contribution in [1.82, 2.24) is 0 Å². The smallest absolute Gasteiger partial charge is 0.310 e. The van der Waals surface area contributed by atoms with Crippen LogP contribution in [0.4, 0.5) is 4.39 Å². The summed E-state index contributed by atoms with van der Waals surface area (Å²) in [6.45, 7) is -0.492. The largest absolute Gasteiger partial charge is 0.497 e. The minimum absolute atomic E-state index is 0.0312. The Bertz CT molecular complexity index is 771. The van der Waals surface area contributed by atoms with Gasteiger partial charge in [-0.1, -0.05) is 17.7 Å². The Labute approximate surface area is 149 Å². The molecule has 2 aromatic carbocycles. The van der Waals surface area contributed by atoms with E-state index in [0.717, 1.165) is 0 Å². The number of carbonyl (C=O) groups is 2. The maximum Gasteiger partial charge on any atom is 0.310 e. The predicted molar refractivity (Wildman–Crippen MR) is 89.9 cm³/mol. The Hall–Kier alpha value is -2.60. The van der Waals surface area contributed by atoms with E-state index < -0.39 is 24.2 Å². The number of benzene rings is 2. The average molecular weight is 367 g/mol. The van der Waals surface area contributed by atoms with E-state index in [1.807, 2.05) is 0 Å². The first-order valence-corrected chi connectivity index (χ1v) is 7.67. The molecule has 132 valence electrons. The van der Waals surface area contributed by atoms with Crippen molar-refractivity contribution in [2.24, 2.45) is 0 Å². The van der Waals surface area contributed by atoms with Crippen LogP contribution in [-0.2, 0) is 16.0 Å². The third-order valence-electron chi connectivity index (χ3n) is 3.46. The van der Waals surface area contributed by atoms with Gasteiger partial charge >= 0.3 is 5.97 Å². The molecule has 0 unspecified atom stereocenters. The highest BCUT2D eigenvalue weighted by Gasteiger charge is 2.17. The first-order chi connectivity index (χ1) is 12.0. The number of halogens is 2. The van der Waals surface area contributed by atoms with Gasteiger partial charge in [0.25, 0.3) is 0 Å². The molecule has 0 amide bonds. The van der Waals surface area contributed by atoms with Gasteiger partial charge in [0.1, 0.15) is 17.3 Å². The molecule has 25 heavy (non-hydrogen) atoms. The van der Waals surface area contributed by atoms with Gasteiger partial charge in [-0.15, -0.1) is 0 Å². The number of Topliss-reactive ketones (excluding diaryl/α,β-unsaturated/α-hetero) is 1. The molecule has 5 nitrogen and oxygen atoms in total. The molecule has 0 N–H and O–H groups in total. The van der Waals surface area contributed by atoms with Crippen LogP contribution in [0.5, 0.6) is 11.5 Å². The molecular formula is C18H16ClFO5. The summed E-state index contributed by atoms with van der Waals surface area (Å²) in [4.78, 5) is 24.1. The topological polar surface area (TPSA) is 61.8 Å². The Morgan fingerprint density at radius 2 is 1.88 bits per heavy atom. The lowest BCUT2D eigenvalue weighted by atomic mass is 10.1. The van der Waals surface area contributed by atoms with Crippen LogP contribution in [0, 0.1) is 5.82 Å². The predicted octanol–water partition coefficient (Wildman–Crippen LogP) is 3.46. The maximum atomic E-state index is 13.7. The molecule has 0 aliphatic heterocycles. The summed E-state index contributed by atoms with van der Waals surface area (Å²) in [5, 5.41) is 0.125. The van der Waals surface area contributed by atoms with Gasteiger partial charge in [-0.25, -0.2) is 4.39 Å². The first kappa shape index (κ1) is 18.7. The van der Waals surface area contributed by atoms with Crippen molar-refractivity contribution in [3.8, 4) is 11.5 Å². The van der Waals surface area contributed by atoms with E-state index in [1.54, 1.807) is 12.1 Å². The number of hydrogen-bond donors (Lipinski definition) is 0. The van der Waals surface area contributed by atoms with Crippen molar-refractivity contribution in [2.45, 2.75) is 6.42 Å². The summed E-state index contributed by atoms with van der Waals surface area (Å²) in [5.41, 5.74) is 0.281. The van der Waals surface area contributed by atoms with Gasteiger partial charge in [0.15, 0.2) is 6.61 Å². The lowest BCUT2D eigenvalue weighted by molar-refractivity contribution is -0.141. The Morgan fingerprint density at radius 1 is 1.12 bits per heavy atom. The Morgan fingerprint density at radius 3 is 2.52 bits per heavy atom. The molecule has 0 heterocycles. The number of carbonyl (C=O) groups excluding carboxylic acids is 2. The number of ether oxygens (including phenoxy) is 3. The molecule has 0 radical (unpaired) electrons. The molecule has 2 aromatic rings. The van der Waals surface area contributed by atoms with Crippen molar-refractivity contribution >= 4 is 23.4 Å². The summed E-state index contributed by atoms with van der Waals surface area (Å²) in [6, 6.07) is 8.76. The fraction of sp³-hybridized carbons (Fsp3) is 0.222. The monoisotopic (exact) mass is 366 g/mol. The van der Waals surface area contributed by atoms with Crippen LogP contribution in [0.15, 0.2) is 36.4 Å². The molecule has 0 spiro atoms. The minimum Gasteiger partial charge on any atom is -0.497 e. The first-order valence-electron chi connectivity index (χ1n) is 7.30. The van der Waals surface area contributed by atoms with E-state index >= 15 is 0 Å². The Kier molecular flexibility index (Phi) is 6.36. The van der Waals surface area contributed by atoms with Crippen molar-refractivity contribution in [2.75, 3.05) is 20.8 Å². The van der Waals surface area contributed by atoms with Crippen molar-refractivity contribution < 1.29 is 28.2 Å². The lowest BCUT2D eigenvalue weighted by Crippen LogP contribution is -2.17. The van der Waals surface area contributed by atoms with E-state index in [0.29, 0.717) is 11.5 Å². The molecule has 2 rings (SSSR count). The number of methoxy groups -OCH3 is 2. The zero-order chi connectivity index (χ0) is 18.4. The molecule has 0 fully saturated rings. The average Bonchev–Trinajstić information content (AvgIpc) is 2.62. The van der Waals surface area contributed by atoms with Crippen LogP contribution < -0.4 is 9.47 Å². The molecule has 0 aromatic heterocycles. The zero-order valence-corrected chi connectivity index (χ0v) is 14.4. The van der Waals surface area contributed by atoms with Crippen LogP contribution >= 0.6 is 11.6 Å². The van der Waals surface area contributed by atoms with Crippen molar-refractivity contribution in [3.63, 3.8) is 0 Å². The second-order valence-electron chi connectivity index (χ2n) is 5.03. The molecule has 0 atom stereocenters.